The van der Waals surface area contributed by atoms with Crippen LogP contribution in [0.1, 0.15) is 16.8 Å². The molecule has 0 fully saturated rings. The Labute approximate surface area is 145 Å². The van der Waals surface area contributed by atoms with Gasteiger partial charge in [-0.2, -0.15) is 26.3 Å². The van der Waals surface area contributed by atoms with E-state index < -0.39 is 51.3 Å². The van der Waals surface area contributed by atoms with Crippen molar-refractivity contribution in [1.82, 2.24) is 9.55 Å². The van der Waals surface area contributed by atoms with Gasteiger partial charge in [0.25, 0.3) is 5.56 Å². The highest BCUT2D eigenvalue weighted by Crippen LogP contribution is 2.32. The van der Waals surface area contributed by atoms with Crippen molar-refractivity contribution in [2.45, 2.75) is 12.4 Å². The predicted octanol–water partition coefficient (Wildman–Crippen LogP) is 3.02. The Kier molecular flexibility index (Phi) is 4.90. The van der Waals surface area contributed by atoms with Crippen molar-refractivity contribution in [3.63, 3.8) is 0 Å². The quantitative estimate of drug-likeness (QED) is 0.266. The van der Waals surface area contributed by atoms with Crippen LogP contribution >= 0.6 is 11.6 Å². The van der Waals surface area contributed by atoms with E-state index in [2.05, 4.69) is 10.1 Å². The summed E-state index contributed by atoms with van der Waals surface area (Å²) in [6.07, 6.45) is -9.30. The Hall–Kier alpha value is -2.76. The van der Waals surface area contributed by atoms with Gasteiger partial charge in [0.2, 0.25) is 0 Å². The van der Waals surface area contributed by atoms with E-state index in [9.17, 15) is 31.1 Å². The van der Waals surface area contributed by atoms with Crippen LogP contribution in [0, 0.1) is 0 Å². The van der Waals surface area contributed by atoms with Crippen LogP contribution in [-0.4, -0.2) is 20.6 Å². The molecule has 2 rings (SSSR count). The first-order chi connectivity index (χ1) is 11.9. The fourth-order valence-corrected chi connectivity index (χ4v) is 2.13. The number of hydrogen-bond donors (Lipinski definition) is 2. The van der Waals surface area contributed by atoms with Gasteiger partial charge in [-0.15, -0.1) is 0 Å². The summed E-state index contributed by atoms with van der Waals surface area (Å²) >= 11 is 5.48. The molecule has 0 saturated carbocycles. The Morgan fingerprint density at radius 2 is 1.73 bits per heavy atom. The van der Waals surface area contributed by atoms with E-state index in [0.29, 0.717) is 18.3 Å². The second kappa shape index (κ2) is 6.52. The van der Waals surface area contributed by atoms with Crippen molar-refractivity contribution in [2.24, 2.45) is 10.9 Å². The topological polar surface area (TPSA) is 93.5 Å². The van der Waals surface area contributed by atoms with Gasteiger partial charge < -0.3 is 10.9 Å². The van der Waals surface area contributed by atoms with E-state index in [1.165, 1.54) is 0 Å². The molecule has 0 radical (unpaired) electrons. The number of pyridine rings is 2. The molecule has 0 saturated heterocycles. The summed E-state index contributed by atoms with van der Waals surface area (Å²) in [6.45, 7) is 0. The van der Waals surface area contributed by atoms with Crippen molar-refractivity contribution < 1.29 is 31.5 Å². The second-order valence-electron chi connectivity index (χ2n) is 4.82. The SMILES string of the molecule is N/C(=N/O)c1ncc(C(F)(F)F)cc1-n1cc(C(F)(F)F)cc(Cl)c1=O. The molecule has 6 nitrogen and oxygen atoms in total. The maximum atomic E-state index is 12.9. The first-order valence-electron chi connectivity index (χ1n) is 6.41. The monoisotopic (exact) mass is 400 g/mol. The largest absolute Gasteiger partial charge is 0.417 e. The minimum absolute atomic E-state index is 0.195. The van der Waals surface area contributed by atoms with Gasteiger partial charge in [-0.05, 0) is 12.1 Å². The van der Waals surface area contributed by atoms with Gasteiger partial charge >= 0.3 is 12.4 Å². The van der Waals surface area contributed by atoms with Gasteiger partial charge in [-0.1, -0.05) is 16.8 Å². The number of alkyl halides is 6. The molecule has 0 unspecified atom stereocenters. The first-order valence-corrected chi connectivity index (χ1v) is 6.79. The average molecular weight is 401 g/mol. The van der Waals surface area contributed by atoms with Crippen molar-refractivity contribution in [3.05, 3.63) is 56.7 Å². The summed E-state index contributed by atoms with van der Waals surface area (Å²) in [5, 5.41) is 10.3. The molecule has 0 aliphatic rings. The highest BCUT2D eigenvalue weighted by Gasteiger charge is 2.34. The Morgan fingerprint density at radius 3 is 2.23 bits per heavy atom. The van der Waals surface area contributed by atoms with E-state index in [4.69, 9.17) is 22.5 Å². The third-order valence-electron chi connectivity index (χ3n) is 3.11. The summed E-state index contributed by atoms with van der Waals surface area (Å²) in [5.74, 6) is -0.825. The summed E-state index contributed by atoms with van der Waals surface area (Å²) in [7, 11) is 0. The molecule has 0 amide bonds. The average Bonchev–Trinajstić information content (AvgIpc) is 2.54. The highest BCUT2D eigenvalue weighted by molar-refractivity contribution is 6.30. The van der Waals surface area contributed by atoms with E-state index in [0.717, 1.165) is 0 Å². The Morgan fingerprint density at radius 1 is 1.15 bits per heavy atom. The van der Waals surface area contributed by atoms with Gasteiger partial charge in [-0.3, -0.25) is 14.3 Å². The molecule has 2 heterocycles. The normalized spacial score (nSPS) is 13.1. The lowest BCUT2D eigenvalue weighted by Gasteiger charge is -2.16. The second-order valence-corrected chi connectivity index (χ2v) is 5.23. The molecular formula is C13H7ClF6N4O2. The molecule has 0 atom stereocenters. The summed E-state index contributed by atoms with van der Waals surface area (Å²) in [4.78, 5) is 15.4. The summed E-state index contributed by atoms with van der Waals surface area (Å²) < 4.78 is 77.7. The van der Waals surface area contributed by atoms with Crippen LogP contribution in [0.4, 0.5) is 26.3 Å². The third-order valence-corrected chi connectivity index (χ3v) is 3.38. The van der Waals surface area contributed by atoms with Crippen molar-refractivity contribution >= 4 is 17.4 Å². The van der Waals surface area contributed by atoms with E-state index in [1.54, 1.807) is 0 Å². The smallest absolute Gasteiger partial charge is 0.409 e. The maximum absolute atomic E-state index is 12.9. The lowest BCUT2D eigenvalue weighted by Crippen LogP contribution is -2.26. The molecule has 26 heavy (non-hydrogen) atoms. The minimum Gasteiger partial charge on any atom is -0.409 e. The summed E-state index contributed by atoms with van der Waals surface area (Å²) in [5.41, 5.74) is -0.191. The van der Waals surface area contributed by atoms with E-state index >= 15 is 0 Å². The van der Waals surface area contributed by atoms with Crippen LogP contribution in [-0.2, 0) is 12.4 Å². The molecule has 140 valence electrons. The van der Waals surface area contributed by atoms with E-state index in [1.807, 2.05) is 0 Å². The number of aromatic nitrogens is 2. The molecule has 2 aromatic heterocycles. The van der Waals surface area contributed by atoms with Crippen LogP contribution in [0.2, 0.25) is 5.02 Å². The van der Waals surface area contributed by atoms with E-state index in [-0.39, 0.29) is 10.8 Å². The number of hydrogen-bond acceptors (Lipinski definition) is 4. The molecule has 0 bridgehead atoms. The fourth-order valence-electron chi connectivity index (χ4n) is 1.92. The van der Waals surface area contributed by atoms with Crippen LogP contribution in [0.15, 0.2) is 34.5 Å². The Balaban J connectivity index is 2.90. The number of halogens is 7. The number of rotatable bonds is 2. The fraction of sp³-hybridized carbons (Fsp3) is 0.154. The maximum Gasteiger partial charge on any atom is 0.417 e. The molecule has 0 aromatic carbocycles. The third kappa shape index (κ3) is 3.74. The molecular weight excluding hydrogens is 394 g/mol. The van der Waals surface area contributed by atoms with Gasteiger partial charge in [0.1, 0.15) is 10.7 Å². The zero-order chi connectivity index (χ0) is 19.9. The van der Waals surface area contributed by atoms with Gasteiger partial charge in [0.15, 0.2) is 5.84 Å². The molecule has 0 aliphatic carbocycles. The molecule has 13 heteroatoms. The number of nitrogens with zero attached hydrogens (tertiary/aromatic N) is 3. The lowest BCUT2D eigenvalue weighted by molar-refractivity contribution is -0.138. The first kappa shape index (κ1) is 19.6. The van der Waals surface area contributed by atoms with Crippen molar-refractivity contribution in [3.8, 4) is 5.69 Å². The molecule has 3 N–H and O–H groups in total. The van der Waals surface area contributed by atoms with Crippen LogP contribution in [0.5, 0.6) is 0 Å². The van der Waals surface area contributed by atoms with Crippen LogP contribution in [0.3, 0.4) is 0 Å². The lowest BCUT2D eigenvalue weighted by atomic mass is 10.2. The van der Waals surface area contributed by atoms with Gasteiger partial charge in [0.05, 0.1) is 16.8 Å². The number of oxime groups is 1. The van der Waals surface area contributed by atoms with Gasteiger partial charge in [0, 0.05) is 12.4 Å². The van der Waals surface area contributed by atoms with Crippen molar-refractivity contribution in [1.29, 1.82) is 0 Å². The van der Waals surface area contributed by atoms with Crippen LogP contribution in [0.25, 0.3) is 5.69 Å². The Bertz CT molecular complexity index is 936. The zero-order valence-corrected chi connectivity index (χ0v) is 13.0. The molecule has 0 aliphatic heterocycles. The van der Waals surface area contributed by atoms with Gasteiger partial charge in [-0.25, -0.2) is 0 Å². The predicted molar refractivity (Wildman–Crippen MR) is 77.4 cm³/mol. The molecule has 2 aromatic rings. The van der Waals surface area contributed by atoms with Crippen molar-refractivity contribution in [2.75, 3.05) is 0 Å². The minimum atomic E-state index is -4.94. The highest BCUT2D eigenvalue weighted by atomic mass is 35.5. The number of nitrogens with two attached hydrogens (primary N) is 1. The summed E-state index contributed by atoms with van der Waals surface area (Å²) in [6, 6.07) is 0.656. The zero-order valence-electron chi connectivity index (χ0n) is 12.2. The molecule has 0 spiro atoms. The number of amidine groups is 1. The standard InChI is InChI=1S/C13H7ClF6N4O2/c14-7-1-6(13(18,19)20)4-24(11(7)25)8-2-5(12(15,16)17)3-22-9(8)10(21)23-26/h1-4,26H,(H2,21,23). The van der Waals surface area contributed by atoms with Crippen LogP contribution < -0.4 is 11.3 Å².